The van der Waals surface area contributed by atoms with Crippen LogP contribution < -0.4 is 19.5 Å². The number of rotatable bonds is 6. The number of nitrogens with zero attached hydrogens (tertiary/aromatic N) is 4. The van der Waals surface area contributed by atoms with Gasteiger partial charge in [0.2, 0.25) is 0 Å². The van der Waals surface area contributed by atoms with Crippen molar-refractivity contribution < 1.29 is 14.3 Å². The molecule has 2 fully saturated rings. The zero-order chi connectivity index (χ0) is 23.4. The summed E-state index contributed by atoms with van der Waals surface area (Å²) in [5.41, 5.74) is 6.71. The molecule has 33 heavy (non-hydrogen) atoms. The molecule has 0 bridgehead atoms. The van der Waals surface area contributed by atoms with Gasteiger partial charge in [0.25, 0.3) is 0 Å². The van der Waals surface area contributed by atoms with Gasteiger partial charge in [-0.15, -0.1) is 0 Å². The van der Waals surface area contributed by atoms with Crippen molar-refractivity contribution >= 4 is 42.3 Å². The Kier molecular flexibility index (Phi) is 7.49. The van der Waals surface area contributed by atoms with Gasteiger partial charge in [-0.2, -0.15) is 0 Å². The van der Waals surface area contributed by atoms with E-state index in [-0.39, 0.29) is 36.0 Å². The van der Waals surface area contributed by atoms with Gasteiger partial charge in [0, 0.05) is 13.1 Å². The molecular weight excluding hydrogens is 530 g/mol. The van der Waals surface area contributed by atoms with Crippen LogP contribution >= 0.6 is 0 Å². The van der Waals surface area contributed by atoms with Crippen molar-refractivity contribution in [2.24, 2.45) is 5.73 Å². The Morgan fingerprint density at radius 1 is 1.33 bits per heavy atom. The average molecular weight is 557 g/mol. The van der Waals surface area contributed by atoms with Crippen molar-refractivity contribution in [3.63, 3.8) is 0 Å². The van der Waals surface area contributed by atoms with Gasteiger partial charge in [0.1, 0.15) is 0 Å². The number of anilines is 1. The van der Waals surface area contributed by atoms with E-state index in [2.05, 4.69) is 26.8 Å². The van der Waals surface area contributed by atoms with Crippen LogP contribution in [0.4, 0.5) is 15.0 Å². The molecule has 10 heteroatoms. The van der Waals surface area contributed by atoms with Crippen molar-refractivity contribution in [2.45, 2.75) is 31.4 Å². The number of urea groups is 1. The van der Waals surface area contributed by atoms with E-state index in [9.17, 15) is 14.3 Å². The third-order valence-corrected chi connectivity index (χ3v) is 8.34. The Labute approximate surface area is 202 Å². The molecule has 8 nitrogen and oxygen atoms in total. The Morgan fingerprint density at radius 2 is 2.18 bits per heavy atom. The molecule has 0 aliphatic carbocycles. The molecule has 2 radical (unpaired) electrons. The number of β-amino-alcohol motifs (C(OH)–C–C–N with tert-alkyl or cyclic N) is 1. The molecule has 2 aromatic rings. The summed E-state index contributed by atoms with van der Waals surface area (Å²) in [5, 5.41) is 12.4. The summed E-state index contributed by atoms with van der Waals surface area (Å²) < 4.78 is 17.9. The third kappa shape index (κ3) is 5.30. The van der Waals surface area contributed by atoms with E-state index in [4.69, 9.17) is 5.73 Å². The van der Waals surface area contributed by atoms with Crippen LogP contribution in [-0.2, 0) is 0 Å². The number of aliphatic hydroxyl groups excluding tert-OH is 1. The summed E-state index contributed by atoms with van der Waals surface area (Å²) in [5.74, 6) is 0.741. The Morgan fingerprint density at radius 3 is 2.88 bits per heavy atom. The molecule has 2 aliphatic rings. The molecule has 0 saturated carbocycles. The predicted octanol–water partition coefficient (Wildman–Crippen LogP) is 1.46. The van der Waals surface area contributed by atoms with Crippen LogP contribution in [0.3, 0.4) is 0 Å². The SMILES string of the molecule is C=[CH][Sn][c]1ccc([C@H]2CCCN2c2ccnc(C(=CN)NC(=O)N3CC[C@H](O)C3)n2)c(F)c1. The van der Waals surface area contributed by atoms with Crippen LogP contribution in [0.25, 0.3) is 5.70 Å². The van der Waals surface area contributed by atoms with Crippen LogP contribution in [0.2, 0.25) is 0 Å². The number of carbonyl (C=O) groups excluding carboxylic acids is 1. The van der Waals surface area contributed by atoms with Crippen LogP contribution in [0.15, 0.2) is 47.3 Å². The average Bonchev–Trinajstić information content (AvgIpc) is 3.47. The minimum atomic E-state index is -0.922. The number of aromatic nitrogens is 2. The second-order valence-corrected chi connectivity index (χ2v) is 11.7. The zero-order valence-electron chi connectivity index (χ0n) is 18.2. The topological polar surface area (TPSA) is 108 Å². The molecule has 4 rings (SSSR count). The first-order chi connectivity index (χ1) is 16.0. The van der Waals surface area contributed by atoms with Gasteiger partial charge in [-0.25, -0.2) is 4.79 Å². The fraction of sp³-hybridized carbons (Fsp3) is 0.348. The standard InChI is InChI=1S/C21H24FN6O2.C2H3.Sn/c22-16-5-2-1-4-15(16)18-6-3-10-28(18)19-7-9-24-20(26-19)17(12-23)25-21(30)27-11-8-14(29)13-27;1-2;/h1,4-5,7,9,12,14,18,29H,3,6,8,10-11,13,23H2,(H,25,30);1H,2H2;/t14-,18+;;/m0../s1. The van der Waals surface area contributed by atoms with Crippen molar-refractivity contribution in [2.75, 3.05) is 24.5 Å². The normalized spacial score (nSPS) is 20.8. The number of nitrogens with one attached hydrogen (secondary N) is 1. The van der Waals surface area contributed by atoms with Crippen molar-refractivity contribution in [3.05, 3.63) is 64.5 Å². The molecule has 3 heterocycles. The van der Waals surface area contributed by atoms with E-state index in [0.29, 0.717) is 24.3 Å². The number of aliphatic hydroxyl groups is 1. The van der Waals surface area contributed by atoms with E-state index in [1.54, 1.807) is 18.3 Å². The summed E-state index contributed by atoms with van der Waals surface area (Å²) in [4.78, 5) is 25.0. The number of likely N-dealkylation sites (tertiary alicyclic amines) is 1. The first kappa shape index (κ1) is 23.5. The molecule has 2 amide bonds. The molecule has 172 valence electrons. The number of amides is 2. The van der Waals surface area contributed by atoms with Crippen molar-refractivity contribution in [1.82, 2.24) is 20.2 Å². The van der Waals surface area contributed by atoms with Gasteiger partial charge in [0.15, 0.2) is 0 Å². The van der Waals surface area contributed by atoms with Crippen molar-refractivity contribution in [3.8, 4) is 0 Å². The Bertz CT molecular complexity index is 1060. The molecule has 2 aliphatic heterocycles. The second kappa shape index (κ2) is 10.5. The number of halogens is 1. The van der Waals surface area contributed by atoms with E-state index >= 15 is 0 Å². The molecule has 0 spiro atoms. The zero-order valence-corrected chi connectivity index (χ0v) is 21.1. The van der Waals surface area contributed by atoms with Gasteiger partial charge in [-0.1, -0.05) is 0 Å². The fourth-order valence-corrected chi connectivity index (χ4v) is 6.09. The number of hydrogen-bond acceptors (Lipinski definition) is 6. The van der Waals surface area contributed by atoms with Crippen LogP contribution in [-0.4, -0.2) is 72.9 Å². The Hall–Kier alpha value is -2.66. The van der Waals surface area contributed by atoms with Crippen LogP contribution in [0, 0.1) is 5.82 Å². The number of nitrogens with two attached hydrogens (primary N) is 1. The first-order valence-corrected chi connectivity index (χ1v) is 14.0. The summed E-state index contributed by atoms with van der Waals surface area (Å²) in [7, 11) is 0. The van der Waals surface area contributed by atoms with E-state index in [1.807, 2.05) is 16.2 Å². The van der Waals surface area contributed by atoms with Gasteiger partial charge in [-0.05, 0) is 6.42 Å². The molecule has 0 unspecified atom stereocenters. The van der Waals surface area contributed by atoms with Gasteiger partial charge < -0.3 is 10.0 Å². The predicted molar refractivity (Wildman–Crippen MR) is 126 cm³/mol. The molecule has 1 aromatic heterocycles. The van der Waals surface area contributed by atoms with Crippen molar-refractivity contribution in [1.29, 1.82) is 0 Å². The Balaban J connectivity index is 1.54. The summed E-state index contributed by atoms with van der Waals surface area (Å²) in [6, 6.07) is 6.84. The number of carbonyl (C=O) groups is 1. The molecule has 1 aromatic carbocycles. The molecular formula is C23H27FN6O2Sn. The fourth-order valence-electron chi connectivity index (χ4n) is 4.30. The maximum absolute atomic E-state index is 14.9. The van der Waals surface area contributed by atoms with Crippen LogP contribution in [0.1, 0.15) is 36.7 Å². The summed E-state index contributed by atoms with van der Waals surface area (Å²) >= 11 is -0.922. The second-order valence-electron chi connectivity index (χ2n) is 8.07. The number of benzene rings is 1. The summed E-state index contributed by atoms with van der Waals surface area (Å²) in [6.07, 6.45) is 4.65. The van der Waals surface area contributed by atoms with E-state index in [0.717, 1.165) is 23.0 Å². The maximum atomic E-state index is 14.9. The minimum absolute atomic E-state index is 0.123. The molecule has 2 saturated heterocycles. The molecule has 2 atom stereocenters. The van der Waals surface area contributed by atoms with Gasteiger partial charge in [-0.3, -0.25) is 0 Å². The quantitative estimate of drug-likeness (QED) is 0.465. The summed E-state index contributed by atoms with van der Waals surface area (Å²) in [6.45, 7) is 5.28. The molecule has 4 N–H and O–H groups in total. The van der Waals surface area contributed by atoms with Gasteiger partial charge in [0.05, 0.1) is 6.10 Å². The van der Waals surface area contributed by atoms with E-state index < -0.39 is 27.2 Å². The third-order valence-electron chi connectivity index (χ3n) is 5.92. The van der Waals surface area contributed by atoms with E-state index in [1.165, 1.54) is 11.1 Å². The van der Waals surface area contributed by atoms with Crippen LogP contribution in [0.5, 0.6) is 0 Å². The first-order valence-electron chi connectivity index (χ1n) is 10.9. The monoisotopic (exact) mass is 558 g/mol. The number of hydrogen-bond donors (Lipinski definition) is 3. The van der Waals surface area contributed by atoms with Gasteiger partial charge >= 0.3 is 163 Å².